The molecule has 2 rings (SSSR count). The van der Waals surface area contributed by atoms with E-state index in [1.54, 1.807) is 0 Å². The average Bonchev–Trinajstić information content (AvgIpc) is 2.33. The molecule has 1 aromatic rings. The zero-order valence-corrected chi connectivity index (χ0v) is 11.7. The first-order chi connectivity index (χ1) is 8.20. The van der Waals surface area contributed by atoms with Gasteiger partial charge in [-0.1, -0.05) is 36.5 Å². The number of hydrogen-bond acceptors (Lipinski definition) is 1. The molecule has 3 heteroatoms. The second-order valence-electron chi connectivity index (χ2n) is 4.78. The monoisotopic (exact) mass is 271 g/mol. The van der Waals surface area contributed by atoms with Crippen LogP contribution in [0.5, 0.6) is 0 Å². The number of nitrogens with one attached hydrogen (secondary N) is 1. The van der Waals surface area contributed by atoms with E-state index in [9.17, 15) is 0 Å². The Morgan fingerprint density at radius 2 is 2.12 bits per heavy atom. The lowest BCUT2D eigenvalue weighted by molar-refractivity contribution is 0.344. The molecule has 0 aromatic heterocycles. The van der Waals surface area contributed by atoms with Gasteiger partial charge in [-0.25, -0.2) is 0 Å². The molecule has 1 saturated carbocycles. The van der Waals surface area contributed by atoms with Crippen LogP contribution in [0.4, 0.5) is 0 Å². The van der Waals surface area contributed by atoms with Crippen LogP contribution in [0.3, 0.4) is 0 Å². The van der Waals surface area contributed by atoms with Crippen molar-refractivity contribution in [3.63, 3.8) is 0 Å². The van der Waals surface area contributed by atoms with Gasteiger partial charge in [0.05, 0.1) is 0 Å². The van der Waals surface area contributed by atoms with Gasteiger partial charge in [-0.05, 0) is 55.5 Å². The zero-order chi connectivity index (χ0) is 12.3. The van der Waals surface area contributed by atoms with Crippen LogP contribution in [0.2, 0.25) is 10.0 Å². The average molecular weight is 272 g/mol. The van der Waals surface area contributed by atoms with Crippen molar-refractivity contribution >= 4 is 23.2 Å². The number of rotatable bonds is 3. The minimum atomic E-state index is 0.555. The second kappa shape index (κ2) is 6.08. The molecule has 1 aliphatic rings. The van der Waals surface area contributed by atoms with Crippen molar-refractivity contribution < 1.29 is 0 Å². The summed E-state index contributed by atoms with van der Waals surface area (Å²) in [5, 5.41) is 5.19. The molecular formula is C14H19Cl2N. The van der Waals surface area contributed by atoms with Crippen molar-refractivity contribution in [1.29, 1.82) is 0 Å². The van der Waals surface area contributed by atoms with Crippen molar-refractivity contribution in [3.05, 3.63) is 33.8 Å². The fourth-order valence-electron chi connectivity index (χ4n) is 2.77. The molecular weight excluding hydrogens is 253 g/mol. The standard InChI is InChI=1S/C14H19Cl2N/c1-2-17-12-5-3-4-10(8-12)13-9-11(15)6-7-14(13)16/h6-7,9-10,12,17H,2-5,8H2,1H3. The fraction of sp³-hybridized carbons (Fsp3) is 0.571. The quantitative estimate of drug-likeness (QED) is 0.846. The molecule has 0 saturated heterocycles. The van der Waals surface area contributed by atoms with Gasteiger partial charge in [0.2, 0.25) is 0 Å². The van der Waals surface area contributed by atoms with E-state index in [1.165, 1.54) is 31.2 Å². The van der Waals surface area contributed by atoms with Gasteiger partial charge in [-0.15, -0.1) is 0 Å². The summed E-state index contributed by atoms with van der Waals surface area (Å²) in [6.45, 7) is 3.21. The second-order valence-corrected chi connectivity index (χ2v) is 5.63. The largest absolute Gasteiger partial charge is 0.314 e. The van der Waals surface area contributed by atoms with E-state index in [0.29, 0.717) is 12.0 Å². The molecule has 17 heavy (non-hydrogen) atoms. The maximum Gasteiger partial charge on any atom is 0.0441 e. The minimum absolute atomic E-state index is 0.555. The van der Waals surface area contributed by atoms with Crippen LogP contribution in [-0.4, -0.2) is 12.6 Å². The summed E-state index contributed by atoms with van der Waals surface area (Å²) in [6.07, 6.45) is 4.95. The van der Waals surface area contributed by atoms with Gasteiger partial charge in [0, 0.05) is 16.1 Å². The molecule has 1 nitrogen and oxygen atoms in total. The lowest BCUT2D eigenvalue weighted by Crippen LogP contribution is -2.33. The molecule has 1 aromatic carbocycles. The number of benzene rings is 1. The first kappa shape index (κ1) is 13.2. The van der Waals surface area contributed by atoms with Gasteiger partial charge in [0.1, 0.15) is 0 Å². The maximum absolute atomic E-state index is 6.28. The van der Waals surface area contributed by atoms with Gasteiger partial charge in [0.25, 0.3) is 0 Å². The van der Waals surface area contributed by atoms with E-state index >= 15 is 0 Å². The molecule has 1 N–H and O–H groups in total. The van der Waals surface area contributed by atoms with Gasteiger partial charge in [-0.2, -0.15) is 0 Å². The topological polar surface area (TPSA) is 12.0 Å². The van der Waals surface area contributed by atoms with Crippen molar-refractivity contribution in [2.45, 2.75) is 44.6 Å². The summed E-state index contributed by atoms with van der Waals surface area (Å²) < 4.78 is 0. The van der Waals surface area contributed by atoms with Crippen LogP contribution in [-0.2, 0) is 0 Å². The van der Waals surface area contributed by atoms with Crippen LogP contribution in [0, 0.1) is 0 Å². The van der Waals surface area contributed by atoms with E-state index < -0.39 is 0 Å². The third-order valence-corrected chi connectivity index (χ3v) is 4.14. The molecule has 0 spiro atoms. The number of hydrogen-bond donors (Lipinski definition) is 1. The molecule has 2 atom stereocenters. The van der Waals surface area contributed by atoms with Gasteiger partial charge in [0.15, 0.2) is 0 Å². The Bertz CT molecular complexity index is 376. The first-order valence-electron chi connectivity index (χ1n) is 6.39. The van der Waals surface area contributed by atoms with E-state index in [0.717, 1.165) is 16.6 Å². The van der Waals surface area contributed by atoms with Crippen molar-refractivity contribution in [1.82, 2.24) is 5.32 Å². The van der Waals surface area contributed by atoms with Crippen LogP contribution in [0.15, 0.2) is 18.2 Å². The molecule has 1 aliphatic carbocycles. The van der Waals surface area contributed by atoms with Gasteiger partial charge < -0.3 is 5.32 Å². The molecule has 0 aliphatic heterocycles. The lowest BCUT2D eigenvalue weighted by atomic mass is 9.81. The van der Waals surface area contributed by atoms with E-state index in [4.69, 9.17) is 23.2 Å². The summed E-state index contributed by atoms with van der Waals surface area (Å²) in [5.74, 6) is 0.555. The highest BCUT2D eigenvalue weighted by Gasteiger charge is 2.24. The Labute approximate surface area is 114 Å². The third kappa shape index (κ3) is 3.37. The molecule has 2 unspecified atom stereocenters. The highest BCUT2D eigenvalue weighted by atomic mass is 35.5. The Morgan fingerprint density at radius 3 is 2.88 bits per heavy atom. The van der Waals surface area contributed by atoms with Crippen LogP contribution < -0.4 is 5.32 Å². The maximum atomic E-state index is 6.28. The SMILES string of the molecule is CCNC1CCCC(c2cc(Cl)ccc2Cl)C1. The Balaban J connectivity index is 2.13. The highest BCUT2D eigenvalue weighted by molar-refractivity contribution is 6.33. The summed E-state index contributed by atoms with van der Waals surface area (Å²) in [6, 6.07) is 6.44. The van der Waals surface area contributed by atoms with E-state index in [1.807, 2.05) is 18.2 Å². The van der Waals surface area contributed by atoms with Crippen LogP contribution in [0.25, 0.3) is 0 Å². The van der Waals surface area contributed by atoms with Gasteiger partial charge in [-0.3, -0.25) is 0 Å². The highest BCUT2D eigenvalue weighted by Crippen LogP contribution is 2.37. The third-order valence-electron chi connectivity index (χ3n) is 3.56. The molecule has 0 heterocycles. The normalized spacial score (nSPS) is 24.9. The van der Waals surface area contributed by atoms with E-state index in [2.05, 4.69) is 12.2 Å². The molecule has 0 radical (unpaired) electrons. The zero-order valence-electron chi connectivity index (χ0n) is 10.2. The summed E-state index contributed by atoms with van der Waals surface area (Å²) >= 11 is 12.3. The summed E-state index contributed by atoms with van der Waals surface area (Å²) in [4.78, 5) is 0. The number of halogens is 2. The minimum Gasteiger partial charge on any atom is -0.314 e. The predicted octanol–water partition coefficient (Wildman–Crippen LogP) is 4.63. The van der Waals surface area contributed by atoms with Crippen molar-refractivity contribution in [3.8, 4) is 0 Å². The van der Waals surface area contributed by atoms with Crippen molar-refractivity contribution in [2.75, 3.05) is 6.54 Å². The summed E-state index contributed by atoms with van der Waals surface area (Å²) in [5.41, 5.74) is 1.22. The fourth-order valence-corrected chi connectivity index (χ4v) is 3.23. The van der Waals surface area contributed by atoms with Gasteiger partial charge >= 0.3 is 0 Å². The molecule has 0 bridgehead atoms. The molecule has 94 valence electrons. The Kier molecular flexibility index (Phi) is 4.72. The van der Waals surface area contributed by atoms with Crippen LogP contribution >= 0.6 is 23.2 Å². The Morgan fingerprint density at radius 1 is 1.29 bits per heavy atom. The predicted molar refractivity (Wildman–Crippen MR) is 75.1 cm³/mol. The van der Waals surface area contributed by atoms with E-state index in [-0.39, 0.29) is 0 Å². The van der Waals surface area contributed by atoms with Crippen LogP contribution in [0.1, 0.15) is 44.1 Å². The Hall–Kier alpha value is -0.240. The van der Waals surface area contributed by atoms with Crippen molar-refractivity contribution in [2.24, 2.45) is 0 Å². The smallest absolute Gasteiger partial charge is 0.0441 e. The summed E-state index contributed by atoms with van der Waals surface area (Å²) in [7, 11) is 0. The molecule has 0 amide bonds. The molecule has 1 fully saturated rings. The first-order valence-corrected chi connectivity index (χ1v) is 7.14. The lowest BCUT2D eigenvalue weighted by Gasteiger charge is -2.30.